The van der Waals surface area contributed by atoms with Crippen LogP contribution in [-0.4, -0.2) is 41.0 Å². The highest BCUT2D eigenvalue weighted by molar-refractivity contribution is 7.71. The summed E-state index contributed by atoms with van der Waals surface area (Å²) in [7, 11) is 4.02. The smallest absolute Gasteiger partial charge is 0.269 e. The second-order valence-electron chi connectivity index (χ2n) is 6.75. The van der Waals surface area contributed by atoms with Crippen LogP contribution in [0.5, 0.6) is 0 Å². The number of hydrogen-bond acceptors (Lipinski definition) is 3. The first-order valence-electron chi connectivity index (χ1n) is 8.84. The second kappa shape index (κ2) is 8.33. The number of para-hydroxylation sites is 1. The molecule has 1 aromatic heterocycles. The van der Waals surface area contributed by atoms with E-state index < -0.39 is 0 Å². The fraction of sp³-hybridized carbons (Fsp3) is 0.238. The molecule has 0 aliphatic rings. The molecule has 6 heteroatoms. The molecule has 140 valence electrons. The quantitative estimate of drug-likeness (QED) is 0.638. The summed E-state index contributed by atoms with van der Waals surface area (Å²) in [6.07, 6.45) is 1.65. The Balaban J connectivity index is 1.79. The van der Waals surface area contributed by atoms with E-state index >= 15 is 0 Å². The summed E-state index contributed by atoms with van der Waals surface area (Å²) in [6.45, 7) is 2.57. The molecule has 27 heavy (non-hydrogen) atoms. The van der Waals surface area contributed by atoms with Crippen LogP contribution in [0.3, 0.4) is 0 Å². The van der Waals surface area contributed by atoms with Gasteiger partial charge in [0.1, 0.15) is 5.69 Å². The van der Waals surface area contributed by atoms with Gasteiger partial charge in [0.15, 0.2) is 4.77 Å². The third-order valence-electron chi connectivity index (χ3n) is 4.56. The highest BCUT2D eigenvalue weighted by atomic mass is 32.1. The number of imidazole rings is 1. The normalized spacial score (nSPS) is 12.1. The summed E-state index contributed by atoms with van der Waals surface area (Å²) in [4.78, 5) is 17.9. The molecular formula is C21H24N4OS. The first-order chi connectivity index (χ1) is 13.0. The minimum absolute atomic E-state index is 0.0849. The van der Waals surface area contributed by atoms with Gasteiger partial charge in [-0.25, -0.2) is 0 Å². The second-order valence-corrected chi connectivity index (χ2v) is 7.14. The molecule has 1 heterocycles. The van der Waals surface area contributed by atoms with Gasteiger partial charge in [0, 0.05) is 18.4 Å². The Kier molecular flexibility index (Phi) is 5.88. The summed E-state index contributed by atoms with van der Waals surface area (Å²) in [5.41, 5.74) is 3.73. The van der Waals surface area contributed by atoms with E-state index in [9.17, 15) is 4.79 Å². The molecule has 0 spiro atoms. The highest BCUT2D eigenvalue weighted by Gasteiger charge is 2.18. The van der Waals surface area contributed by atoms with Crippen molar-refractivity contribution in [3.63, 3.8) is 0 Å². The van der Waals surface area contributed by atoms with Crippen LogP contribution in [0, 0.1) is 11.7 Å². The lowest BCUT2D eigenvalue weighted by atomic mass is 10.0. The van der Waals surface area contributed by atoms with Gasteiger partial charge in [-0.15, -0.1) is 0 Å². The predicted molar refractivity (Wildman–Crippen MR) is 111 cm³/mol. The molecule has 0 aliphatic carbocycles. The third kappa shape index (κ3) is 4.35. The Bertz CT molecular complexity index is 958. The number of rotatable bonds is 6. The molecule has 2 N–H and O–H groups in total. The van der Waals surface area contributed by atoms with Crippen molar-refractivity contribution in [3.8, 4) is 5.69 Å². The molecule has 1 amide bonds. The first-order valence-corrected chi connectivity index (χ1v) is 9.25. The summed E-state index contributed by atoms with van der Waals surface area (Å²) in [5.74, 6) is -0.162. The zero-order chi connectivity index (χ0) is 19.4. The van der Waals surface area contributed by atoms with Crippen molar-refractivity contribution in [2.45, 2.75) is 13.0 Å². The summed E-state index contributed by atoms with van der Waals surface area (Å²) in [6, 6.07) is 18.1. The number of aromatic nitrogens is 2. The Morgan fingerprint density at radius 1 is 1.15 bits per heavy atom. The zero-order valence-electron chi connectivity index (χ0n) is 15.8. The molecule has 0 bridgehead atoms. The Morgan fingerprint density at radius 2 is 1.81 bits per heavy atom. The molecule has 0 saturated heterocycles. The van der Waals surface area contributed by atoms with Gasteiger partial charge in [-0.3, -0.25) is 9.36 Å². The van der Waals surface area contributed by atoms with Gasteiger partial charge in [-0.1, -0.05) is 48.0 Å². The average Bonchev–Trinajstić information content (AvgIpc) is 3.05. The maximum Gasteiger partial charge on any atom is 0.269 e. The lowest BCUT2D eigenvalue weighted by Crippen LogP contribution is -2.35. The molecule has 1 unspecified atom stereocenters. The molecule has 5 nitrogen and oxygen atoms in total. The summed E-state index contributed by atoms with van der Waals surface area (Å²) >= 11 is 5.36. The number of H-pyrrole nitrogens is 1. The maximum absolute atomic E-state index is 12.8. The number of nitrogens with zero attached hydrogens (tertiary/aromatic N) is 2. The fourth-order valence-corrected chi connectivity index (χ4v) is 3.30. The van der Waals surface area contributed by atoms with Crippen molar-refractivity contribution in [2.24, 2.45) is 0 Å². The minimum atomic E-state index is -0.162. The fourth-order valence-electron chi connectivity index (χ4n) is 3.04. The number of carbonyl (C=O) groups is 1. The van der Waals surface area contributed by atoms with Crippen molar-refractivity contribution in [1.29, 1.82) is 0 Å². The van der Waals surface area contributed by atoms with Crippen LogP contribution in [0.4, 0.5) is 0 Å². The van der Waals surface area contributed by atoms with E-state index in [1.807, 2.05) is 44.4 Å². The molecular weight excluding hydrogens is 356 g/mol. The van der Waals surface area contributed by atoms with Gasteiger partial charge in [-0.2, -0.15) is 0 Å². The largest absolute Gasteiger partial charge is 0.349 e. The lowest BCUT2D eigenvalue weighted by molar-refractivity contribution is 0.0935. The number of benzene rings is 2. The van der Waals surface area contributed by atoms with Crippen molar-refractivity contribution in [1.82, 2.24) is 19.8 Å². The van der Waals surface area contributed by atoms with Crippen LogP contribution in [0.1, 0.15) is 27.7 Å². The Labute approximate surface area is 164 Å². The van der Waals surface area contributed by atoms with Crippen LogP contribution in [-0.2, 0) is 0 Å². The first kappa shape index (κ1) is 19.1. The van der Waals surface area contributed by atoms with E-state index in [0.717, 1.165) is 5.69 Å². The van der Waals surface area contributed by atoms with E-state index in [1.54, 1.807) is 10.8 Å². The Morgan fingerprint density at radius 3 is 2.44 bits per heavy atom. The summed E-state index contributed by atoms with van der Waals surface area (Å²) in [5, 5.41) is 3.05. The standard InChI is InChI=1S/C21H24N4OS/c1-15-9-11-16(12-10-15)18(24(2)3)13-22-20(26)19-14-23-21(27)25(19)17-7-5-4-6-8-17/h4-12,14,18H,13H2,1-3H3,(H,22,26)(H,23,27). The van der Waals surface area contributed by atoms with Gasteiger partial charge in [0.25, 0.3) is 5.91 Å². The SMILES string of the molecule is Cc1ccc(C(CNC(=O)c2c[nH]c(=S)n2-c2ccccc2)N(C)C)cc1. The predicted octanol–water partition coefficient (Wildman–Crippen LogP) is 3.88. The van der Waals surface area contributed by atoms with Crippen molar-refractivity contribution in [2.75, 3.05) is 20.6 Å². The highest BCUT2D eigenvalue weighted by Crippen LogP contribution is 2.18. The van der Waals surface area contributed by atoms with Crippen LogP contribution in [0.15, 0.2) is 60.8 Å². The van der Waals surface area contributed by atoms with E-state index in [1.165, 1.54) is 11.1 Å². The average molecular weight is 381 g/mol. The molecule has 0 radical (unpaired) electrons. The number of aryl methyl sites for hydroxylation is 1. The maximum atomic E-state index is 12.8. The molecule has 2 aromatic carbocycles. The number of hydrogen-bond donors (Lipinski definition) is 2. The molecule has 3 rings (SSSR count). The molecule has 3 aromatic rings. The van der Waals surface area contributed by atoms with Gasteiger partial charge >= 0.3 is 0 Å². The van der Waals surface area contributed by atoms with Gasteiger partial charge in [0.2, 0.25) is 0 Å². The number of nitrogens with one attached hydrogen (secondary N) is 2. The molecule has 1 atom stereocenters. The van der Waals surface area contributed by atoms with Crippen LogP contribution in [0.25, 0.3) is 5.69 Å². The zero-order valence-corrected chi connectivity index (χ0v) is 16.6. The van der Waals surface area contributed by atoms with Crippen LogP contribution in [0.2, 0.25) is 0 Å². The van der Waals surface area contributed by atoms with E-state index in [4.69, 9.17) is 12.2 Å². The Hall–Kier alpha value is -2.70. The number of amides is 1. The minimum Gasteiger partial charge on any atom is -0.349 e. The van der Waals surface area contributed by atoms with Crippen molar-refractivity contribution in [3.05, 3.63) is 82.4 Å². The van der Waals surface area contributed by atoms with Gasteiger partial charge in [0.05, 0.1) is 6.04 Å². The summed E-state index contributed by atoms with van der Waals surface area (Å²) < 4.78 is 2.25. The molecule has 0 fully saturated rings. The number of likely N-dealkylation sites (N-methyl/N-ethyl adjacent to an activating group) is 1. The van der Waals surface area contributed by atoms with Crippen LogP contribution < -0.4 is 5.32 Å². The van der Waals surface area contributed by atoms with Gasteiger partial charge < -0.3 is 15.2 Å². The molecule has 0 saturated carbocycles. The van der Waals surface area contributed by atoms with E-state index in [0.29, 0.717) is 17.0 Å². The monoisotopic (exact) mass is 380 g/mol. The molecule has 0 aliphatic heterocycles. The number of carbonyl (C=O) groups excluding carboxylic acids is 1. The number of aromatic amines is 1. The van der Waals surface area contributed by atoms with E-state index in [2.05, 4.69) is 46.4 Å². The lowest BCUT2D eigenvalue weighted by Gasteiger charge is -2.25. The van der Waals surface area contributed by atoms with E-state index in [-0.39, 0.29) is 11.9 Å². The topological polar surface area (TPSA) is 53.1 Å². The van der Waals surface area contributed by atoms with Crippen molar-refractivity contribution >= 4 is 18.1 Å². The van der Waals surface area contributed by atoms with Crippen molar-refractivity contribution < 1.29 is 4.79 Å². The van der Waals surface area contributed by atoms with Crippen LogP contribution >= 0.6 is 12.2 Å². The third-order valence-corrected chi connectivity index (χ3v) is 4.87. The van der Waals surface area contributed by atoms with Gasteiger partial charge in [-0.05, 0) is 50.9 Å².